The molecule has 1 heterocycles. The quantitative estimate of drug-likeness (QED) is 0.508. The van der Waals surface area contributed by atoms with Crippen molar-refractivity contribution in [2.45, 2.75) is 18.7 Å². The van der Waals surface area contributed by atoms with E-state index < -0.39 is 30.6 Å². The number of hydrogen-bond donors (Lipinski definition) is 3. The molecule has 1 aromatic rings. The van der Waals surface area contributed by atoms with Crippen molar-refractivity contribution >= 4 is 24.8 Å². The van der Waals surface area contributed by atoms with Gasteiger partial charge in [-0.15, -0.1) is 0 Å². The van der Waals surface area contributed by atoms with Gasteiger partial charge in [-0.2, -0.15) is 0 Å². The van der Waals surface area contributed by atoms with Crippen LogP contribution in [0.3, 0.4) is 0 Å². The molecular formula is C12H12BNO6. The minimum Gasteiger partial charge on any atom is -0.535 e. The number of amides is 1. The van der Waals surface area contributed by atoms with E-state index in [4.69, 9.17) is 15.5 Å². The number of carboxylic acid groups (broad SMARTS) is 1. The average molecular weight is 277 g/mol. The molecule has 1 aromatic carbocycles. The van der Waals surface area contributed by atoms with Gasteiger partial charge in [-0.05, 0) is 18.1 Å². The normalized spacial score (nSPS) is 17.1. The van der Waals surface area contributed by atoms with Crippen molar-refractivity contribution in [2.75, 3.05) is 0 Å². The Morgan fingerprint density at radius 3 is 2.70 bits per heavy atom. The van der Waals surface area contributed by atoms with Gasteiger partial charge < -0.3 is 20.5 Å². The van der Waals surface area contributed by atoms with Crippen LogP contribution in [-0.4, -0.2) is 34.9 Å². The van der Waals surface area contributed by atoms with E-state index in [1.54, 1.807) is 12.1 Å². The first kappa shape index (κ1) is 14.1. The Balaban J connectivity index is 2.26. The van der Waals surface area contributed by atoms with Crippen LogP contribution in [0.15, 0.2) is 18.2 Å². The smallest absolute Gasteiger partial charge is 0.526 e. The van der Waals surface area contributed by atoms with Crippen LogP contribution in [0.25, 0.3) is 0 Å². The number of benzene rings is 1. The lowest BCUT2D eigenvalue weighted by Gasteiger charge is -2.27. The standard InChI is InChI=1S/C12H12BNO6/c14-11(16)9(15)5-7-4-6-2-1-3-8(12(17)18)10(6)20-13(7)19/h1-3,7,19H,4-5H2,(H2,14,16)(H,17,18)/t7-/m1/s1. The van der Waals surface area contributed by atoms with Gasteiger partial charge in [-0.25, -0.2) is 4.79 Å². The molecule has 8 heteroatoms. The van der Waals surface area contributed by atoms with Crippen molar-refractivity contribution in [1.29, 1.82) is 0 Å². The van der Waals surface area contributed by atoms with Crippen LogP contribution < -0.4 is 10.4 Å². The van der Waals surface area contributed by atoms with E-state index in [1.807, 2.05) is 0 Å². The number of primary amides is 1. The summed E-state index contributed by atoms with van der Waals surface area (Å²) in [6.45, 7) is 0. The Labute approximate surface area is 114 Å². The number of carbonyl (C=O) groups excluding carboxylic acids is 2. The number of carbonyl (C=O) groups is 3. The van der Waals surface area contributed by atoms with Crippen LogP contribution >= 0.6 is 0 Å². The molecule has 4 N–H and O–H groups in total. The zero-order chi connectivity index (χ0) is 14.9. The van der Waals surface area contributed by atoms with Gasteiger partial charge in [0.2, 0.25) is 5.78 Å². The Kier molecular flexibility index (Phi) is 3.76. The van der Waals surface area contributed by atoms with Gasteiger partial charge in [0.1, 0.15) is 5.75 Å². The van der Waals surface area contributed by atoms with Crippen molar-refractivity contribution in [3.8, 4) is 5.75 Å². The third kappa shape index (κ3) is 2.64. The zero-order valence-corrected chi connectivity index (χ0v) is 10.4. The molecule has 1 atom stereocenters. The fraction of sp³-hybridized carbons (Fsp3) is 0.250. The topological polar surface area (TPSA) is 127 Å². The molecule has 0 saturated carbocycles. The van der Waals surface area contributed by atoms with Crippen molar-refractivity contribution < 1.29 is 29.2 Å². The van der Waals surface area contributed by atoms with Crippen LogP contribution in [0.1, 0.15) is 22.3 Å². The van der Waals surface area contributed by atoms with Crippen LogP contribution in [0.2, 0.25) is 5.82 Å². The first-order valence-electron chi connectivity index (χ1n) is 5.92. The number of ketones is 1. The lowest BCUT2D eigenvalue weighted by Crippen LogP contribution is -2.37. The zero-order valence-electron chi connectivity index (χ0n) is 10.4. The van der Waals surface area contributed by atoms with Crippen LogP contribution in [0, 0.1) is 0 Å². The summed E-state index contributed by atoms with van der Waals surface area (Å²) in [5.41, 5.74) is 5.38. The van der Waals surface area contributed by atoms with E-state index in [0.717, 1.165) is 0 Å². The lowest BCUT2D eigenvalue weighted by atomic mass is 9.64. The molecule has 20 heavy (non-hydrogen) atoms. The molecule has 0 saturated heterocycles. The van der Waals surface area contributed by atoms with Crippen molar-refractivity contribution in [2.24, 2.45) is 5.73 Å². The summed E-state index contributed by atoms with van der Waals surface area (Å²) < 4.78 is 5.19. The van der Waals surface area contributed by atoms with Crippen molar-refractivity contribution in [3.63, 3.8) is 0 Å². The molecule has 0 radical (unpaired) electrons. The van der Waals surface area contributed by atoms with E-state index in [-0.39, 0.29) is 24.2 Å². The number of para-hydroxylation sites is 1. The maximum Gasteiger partial charge on any atom is 0.526 e. The molecule has 1 aliphatic rings. The molecule has 0 spiro atoms. The molecule has 0 aromatic heterocycles. The van der Waals surface area contributed by atoms with E-state index in [0.29, 0.717) is 5.56 Å². The highest BCUT2D eigenvalue weighted by molar-refractivity contribution is 6.48. The molecule has 7 nitrogen and oxygen atoms in total. The van der Waals surface area contributed by atoms with Gasteiger partial charge in [-0.1, -0.05) is 12.1 Å². The Morgan fingerprint density at radius 1 is 1.40 bits per heavy atom. The number of rotatable bonds is 4. The van der Waals surface area contributed by atoms with Gasteiger partial charge in [-0.3, -0.25) is 9.59 Å². The van der Waals surface area contributed by atoms with Gasteiger partial charge in [0.15, 0.2) is 0 Å². The predicted octanol–water partition coefficient (Wildman–Crippen LogP) is -0.385. The van der Waals surface area contributed by atoms with E-state index in [2.05, 4.69) is 0 Å². The molecule has 104 valence electrons. The molecule has 1 aliphatic heterocycles. The van der Waals surface area contributed by atoms with Crippen molar-refractivity contribution in [3.05, 3.63) is 29.3 Å². The number of Topliss-reactive ketones (excluding diaryl/α,β-unsaturated/α-hetero) is 1. The third-order valence-electron chi connectivity index (χ3n) is 3.17. The van der Waals surface area contributed by atoms with E-state index in [9.17, 15) is 19.4 Å². The largest absolute Gasteiger partial charge is 0.535 e. The Morgan fingerprint density at radius 2 is 2.10 bits per heavy atom. The van der Waals surface area contributed by atoms with Crippen LogP contribution in [-0.2, 0) is 16.0 Å². The van der Waals surface area contributed by atoms with Crippen LogP contribution in [0.5, 0.6) is 5.75 Å². The summed E-state index contributed by atoms with van der Waals surface area (Å²) in [4.78, 5) is 33.1. The fourth-order valence-electron chi connectivity index (χ4n) is 2.17. The minimum atomic E-state index is -1.36. The van der Waals surface area contributed by atoms with E-state index in [1.165, 1.54) is 6.07 Å². The highest BCUT2D eigenvalue weighted by Crippen LogP contribution is 2.36. The molecule has 0 fully saturated rings. The van der Waals surface area contributed by atoms with E-state index >= 15 is 0 Å². The maximum atomic E-state index is 11.3. The molecule has 0 aliphatic carbocycles. The maximum absolute atomic E-state index is 11.3. The summed E-state index contributed by atoms with van der Waals surface area (Å²) in [6.07, 6.45) is -0.0100. The molecule has 0 bridgehead atoms. The highest BCUT2D eigenvalue weighted by Gasteiger charge is 2.38. The lowest BCUT2D eigenvalue weighted by molar-refractivity contribution is -0.136. The molecular weight excluding hydrogens is 265 g/mol. The molecule has 1 amide bonds. The predicted molar refractivity (Wildman–Crippen MR) is 68.3 cm³/mol. The van der Waals surface area contributed by atoms with Gasteiger partial charge in [0.05, 0.1) is 5.56 Å². The second-order valence-corrected chi connectivity index (χ2v) is 4.56. The third-order valence-corrected chi connectivity index (χ3v) is 3.17. The summed E-state index contributed by atoms with van der Waals surface area (Å²) >= 11 is 0. The summed E-state index contributed by atoms with van der Waals surface area (Å²) in [6, 6.07) is 4.56. The monoisotopic (exact) mass is 277 g/mol. The number of fused-ring (bicyclic) bond motifs is 1. The Hall–Kier alpha value is -2.35. The highest BCUT2D eigenvalue weighted by atomic mass is 16.5. The number of nitrogens with two attached hydrogens (primary N) is 1. The van der Waals surface area contributed by atoms with Gasteiger partial charge in [0.25, 0.3) is 5.91 Å². The molecule has 0 unspecified atom stereocenters. The van der Waals surface area contributed by atoms with Crippen molar-refractivity contribution in [1.82, 2.24) is 0 Å². The number of aromatic carboxylic acids is 1. The fourth-order valence-corrected chi connectivity index (χ4v) is 2.17. The summed E-state index contributed by atoms with van der Waals surface area (Å²) in [7, 11) is -1.36. The molecule has 2 rings (SSSR count). The summed E-state index contributed by atoms with van der Waals surface area (Å²) in [5.74, 6) is -3.57. The second-order valence-electron chi connectivity index (χ2n) is 4.56. The first-order valence-corrected chi connectivity index (χ1v) is 5.92. The SMILES string of the molecule is NC(=O)C(=O)C[C@H]1Cc2cccc(C(=O)O)c2OB1O. The second kappa shape index (κ2) is 5.34. The average Bonchev–Trinajstić information content (AvgIpc) is 2.38. The number of hydrogen-bond acceptors (Lipinski definition) is 5. The van der Waals surface area contributed by atoms with Gasteiger partial charge in [0, 0.05) is 12.2 Å². The number of carboxylic acids is 1. The van der Waals surface area contributed by atoms with Crippen LogP contribution in [0.4, 0.5) is 0 Å². The minimum absolute atomic E-state index is 0.0544. The summed E-state index contributed by atoms with van der Waals surface area (Å²) in [5, 5.41) is 18.9. The van der Waals surface area contributed by atoms with Gasteiger partial charge >= 0.3 is 13.1 Å². The first-order chi connectivity index (χ1) is 9.40. The Bertz CT molecular complexity index is 587.